The third-order valence-electron chi connectivity index (χ3n) is 3.39. The summed E-state index contributed by atoms with van der Waals surface area (Å²) in [4.78, 5) is 16.5. The van der Waals surface area contributed by atoms with Crippen molar-refractivity contribution in [2.45, 2.75) is 6.54 Å². The molecule has 128 valence electrons. The van der Waals surface area contributed by atoms with Crippen LogP contribution in [0.5, 0.6) is 5.75 Å². The Labute approximate surface area is 157 Å². The van der Waals surface area contributed by atoms with Crippen LogP contribution in [0.4, 0.5) is 0 Å². The van der Waals surface area contributed by atoms with Gasteiger partial charge in [0.1, 0.15) is 5.75 Å². The van der Waals surface area contributed by atoms with Gasteiger partial charge in [0, 0.05) is 10.0 Å². The van der Waals surface area contributed by atoms with Gasteiger partial charge in [0.2, 0.25) is 0 Å². The molecule has 0 aliphatic rings. The van der Waals surface area contributed by atoms with E-state index in [1.807, 2.05) is 12.1 Å². The first kappa shape index (κ1) is 17.4. The smallest absolute Gasteiger partial charge is 0.257 e. The van der Waals surface area contributed by atoms with E-state index in [4.69, 9.17) is 20.9 Å². The maximum Gasteiger partial charge on any atom is 0.257 e. The molecule has 25 heavy (non-hydrogen) atoms. The van der Waals surface area contributed by atoms with Crippen LogP contribution in [0.2, 0.25) is 5.02 Å². The fraction of sp³-hybridized carbons (Fsp3) is 0.118. The number of hydrogen-bond acceptors (Lipinski definition) is 5. The molecule has 0 saturated carbocycles. The normalized spacial score (nSPS) is 10.5. The summed E-state index contributed by atoms with van der Waals surface area (Å²) >= 11 is 9.35. The Hall–Kier alpha value is -2.38. The summed E-state index contributed by atoms with van der Waals surface area (Å²) in [5.41, 5.74) is 1.14. The van der Waals surface area contributed by atoms with Crippen LogP contribution < -0.4 is 10.1 Å². The molecule has 0 bridgehead atoms. The van der Waals surface area contributed by atoms with E-state index in [0.717, 1.165) is 15.8 Å². The average molecular weight is 423 g/mol. The Bertz CT molecular complexity index is 896. The molecule has 1 aromatic heterocycles. The highest BCUT2D eigenvalue weighted by Gasteiger charge is 2.13. The van der Waals surface area contributed by atoms with Gasteiger partial charge in [-0.05, 0) is 42.5 Å². The number of carbonyl (C=O) groups excluding carboxylic acids is 1. The zero-order valence-corrected chi connectivity index (χ0v) is 15.5. The zero-order chi connectivity index (χ0) is 17.8. The van der Waals surface area contributed by atoms with E-state index >= 15 is 0 Å². The number of aromatic nitrogens is 2. The number of amides is 1. The summed E-state index contributed by atoms with van der Waals surface area (Å²) in [6, 6.07) is 12.3. The molecule has 0 saturated heterocycles. The van der Waals surface area contributed by atoms with Gasteiger partial charge >= 0.3 is 0 Å². The van der Waals surface area contributed by atoms with E-state index in [9.17, 15) is 4.79 Å². The van der Waals surface area contributed by atoms with Crippen molar-refractivity contribution in [1.82, 2.24) is 15.5 Å². The Morgan fingerprint density at radius 2 is 2.04 bits per heavy atom. The molecule has 3 aromatic rings. The van der Waals surface area contributed by atoms with Crippen LogP contribution in [0.25, 0.3) is 11.5 Å². The second-order valence-electron chi connectivity index (χ2n) is 5.05. The van der Waals surface area contributed by atoms with Crippen LogP contribution in [-0.2, 0) is 6.54 Å². The molecule has 0 radical (unpaired) electrons. The maximum atomic E-state index is 12.2. The van der Waals surface area contributed by atoms with Gasteiger partial charge in [-0.1, -0.05) is 32.7 Å². The van der Waals surface area contributed by atoms with Crippen LogP contribution in [0, 0.1) is 0 Å². The third-order valence-corrected chi connectivity index (χ3v) is 4.21. The van der Waals surface area contributed by atoms with Gasteiger partial charge in [-0.15, -0.1) is 0 Å². The number of nitrogens with one attached hydrogen (secondary N) is 1. The topological polar surface area (TPSA) is 77.2 Å². The minimum Gasteiger partial charge on any atom is -0.497 e. The minimum absolute atomic E-state index is 0.126. The molecular formula is C17H13BrClN3O3. The Kier molecular flexibility index (Phi) is 5.35. The first-order chi connectivity index (χ1) is 12.1. The van der Waals surface area contributed by atoms with Crippen molar-refractivity contribution < 1.29 is 14.1 Å². The van der Waals surface area contributed by atoms with E-state index in [-0.39, 0.29) is 12.5 Å². The number of benzene rings is 2. The number of carbonyl (C=O) groups is 1. The largest absolute Gasteiger partial charge is 0.497 e. The van der Waals surface area contributed by atoms with Gasteiger partial charge in [-0.25, -0.2) is 0 Å². The van der Waals surface area contributed by atoms with Crippen molar-refractivity contribution in [3.05, 3.63) is 63.3 Å². The van der Waals surface area contributed by atoms with Gasteiger partial charge in [0.25, 0.3) is 11.8 Å². The second-order valence-corrected chi connectivity index (χ2v) is 6.37. The number of ether oxygens (including phenoxy) is 1. The summed E-state index contributed by atoms with van der Waals surface area (Å²) in [5.74, 6) is 1.15. The highest BCUT2D eigenvalue weighted by molar-refractivity contribution is 9.10. The monoisotopic (exact) mass is 421 g/mol. The molecular weight excluding hydrogens is 410 g/mol. The van der Waals surface area contributed by atoms with Crippen molar-refractivity contribution in [3.8, 4) is 17.2 Å². The molecule has 0 aliphatic carbocycles. The highest BCUT2D eigenvalue weighted by Crippen LogP contribution is 2.22. The molecule has 0 aliphatic heterocycles. The van der Waals surface area contributed by atoms with E-state index < -0.39 is 0 Å². The number of halogens is 2. The third kappa shape index (κ3) is 4.18. The fourth-order valence-electron chi connectivity index (χ4n) is 2.10. The predicted octanol–water partition coefficient (Wildman–Crippen LogP) is 4.09. The van der Waals surface area contributed by atoms with E-state index in [1.54, 1.807) is 37.4 Å². The molecule has 0 unspecified atom stereocenters. The summed E-state index contributed by atoms with van der Waals surface area (Å²) in [6.45, 7) is 0.126. The van der Waals surface area contributed by atoms with Crippen molar-refractivity contribution in [1.29, 1.82) is 0 Å². The Morgan fingerprint density at radius 3 is 2.76 bits per heavy atom. The average Bonchev–Trinajstić information content (AvgIpc) is 3.11. The van der Waals surface area contributed by atoms with Gasteiger partial charge in [-0.2, -0.15) is 4.98 Å². The number of rotatable bonds is 5. The Balaban J connectivity index is 1.67. The molecule has 0 spiro atoms. The van der Waals surface area contributed by atoms with Crippen molar-refractivity contribution in [2.24, 2.45) is 0 Å². The van der Waals surface area contributed by atoms with Gasteiger partial charge in [0.05, 0.1) is 24.2 Å². The van der Waals surface area contributed by atoms with Gasteiger partial charge in [0.15, 0.2) is 5.82 Å². The van der Waals surface area contributed by atoms with Crippen LogP contribution >= 0.6 is 27.5 Å². The first-order valence-electron chi connectivity index (χ1n) is 7.27. The minimum atomic E-state index is -0.318. The molecule has 0 fully saturated rings. The molecule has 2 aromatic carbocycles. The molecule has 6 nitrogen and oxygen atoms in total. The molecule has 1 heterocycles. The van der Waals surface area contributed by atoms with E-state index in [2.05, 4.69) is 31.4 Å². The van der Waals surface area contributed by atoms with Crippen LogP contribution in [-0.4, -0.2) is 23.2 Å². The lowest BCUT2D eigenvalue weighted by Gasteiger charge is -2.05. The van der Waals surface area contributed by atoms with Crippen molar-refractivity contribution in [2.75, 3.05) is 7.11 Å². The fourth-order valence-corrected chi connectivity index (χ4v) is 2.67. The van der Waals surface area contributed by atoms with Crippen LogP contribution in [0.1, 0.15) is 16.2 Å². The summed E-state index contributed by atoms with van der Waals surface area (Å²) in [6.07, 6.45) is 0. The van der Waals surface area contributed by atoms with Crippen molar-refractivity contribution >= 4 is 33.4 Å². The van der Waals surface area contributed by atoms with Crippen LogP contribution in [0.3, 0.4) is 0 Å². The highest BCUT2D eigenvalue weighted by atomic mass is 79.9. The van der Waals surface area contributed by atoms with Gasteiger partial charge < -0.3 is 14.6 Å². The number of hydrogen-bond donors (Lipinski definition) is 1. The molecule has 0 atom stereocenters. The molecule has 8 heteroatoms. The number of nitrogens with zero attached hydrogens (tertiary/aromatic N) is 2. The maximum absolute atomic E-state index is 12.2. The quantitative estimate of drug-likeness (QED) is 0.670. The van der Waals surface area contributed by atoms with Crippen LogP contribution in [0.15, 0.2) is 51.5 Å². The summed E-state index contributed by atoms with van der Waals surface area (Å²) < 4.78 is 11.1. The second kappa shape index (κ2) is 7.67. The zero-order valence-electron chi connectivity index (χ0n) is 13.1. The standard InChI is InChI=1S/C17H13BrClN3O3/c1-24-12-5-2-10(3-6-12)17-21-15(22-25-17)9-20-16(23)13-8-11(18)4-7-14(13)19/h2-8H,9H2,1H3,(H,20,23). The van der Waals surface area contributed by atoms with E-state index in [0.29, 0.717) is 22.3 Å². The lowest BCUT2D eigenvalue weighted by Crippen LogP contribution is -2.23. The lowest BCUT2D eigenvalue weighted by molar-refractivity contribution is 0.0949. The lowest BCUT2D eigenvalue weighted by atomic mass is 10.2. The molecule has 3 rings (SSSR count). The predicted molar refractivity (Wildman–Crippen MR) is 96.6 cm³/mol. The van der Waals surface area contributed by atoms with E-state index in [1.165, 1.54) is 0 Å². The van der Waals surface area contributed by atoms with Crippen molar-refractivity contribution in [3.63, 3.8) is 0 Å². The summed E-state index contributed by atoms with van der Waals surface area (Å²) in [7, 11) is 1.60. The SMILES string of the molecule is COc1ccc(-c2nc(CNC(=O)c3cc(Br)ccc3Cl)no2)cc1. The van der Waals surface area contributed by atoms with Gasteiger partial charge in [-0.3, -0.25) is 4.79 Å². The first-order valence-corrected chi connectivity index (χ1v) is 8.44. The summed E-state index contributed by atoms with van der Waals surface area (Å²) in [5, 5.41) is 6.95. The number of methoxy groups -OCH3 is 1. The Morgan fingerprint density at radius 1 is 1.28 bits per heavy atom. The molecule has 1 N–H and O–H groups in total. The molecule has 1 amide bonds.